The van der Waals surface area contributed by atoms with E-state index in [0.717, 1.165) is 22.6 Å². The van der Waals surface area contributed by atoms with E-state index in [4.69, 9.17) is 25.8 Å². The number of benzene rings is 3. The summed E-state index contributed by atoms with van der Waals surface area (Å²) in [6.45, 7) is 3.86. The van der Waals surface area contributed by atoms with Crippen LogP contribution in [-0.4, -0.2) is 30.2 Å². The number of rotatable bonds is 6. The van der Waals surface area contributed by atoms with Crippen molar-refractivity contribution in [1.29, 1.82) is 0 Å². The number of fused-ring (bicyclic) bond motifs is 1. The van der Waals surface area contributed by atoms with Crippen LogP contribution in [0.3, 0.4) is 0 Å². The third kappa shape index (κ3) is 4.43. The van der Waals surface area contributed by atoms with Crippen LogP contribution in [0.1, 0.15) is 33.3 Å². The van der Waals surface area contributed by atoms with Gasteiger partial charge in [-0.05, 0) is 80.6 Å². The van der Waals surface area contributed by atoms with Gasteiger partial charge in [0.05, 0.1) is 30.4 Å². The number of ether oxygens (including phenoxy) is 3. The Bertz CT molecular complexity index is 1320. The zero-order valence-corrected chi connectivity index (χ0v) is 19.2. The fourth-order valence-corrected chi connectivity index (χ4v) is 3.86. The lowest BCUT2D eigenvalue weighted by atomic mass is 10.1. The molecule has 4 rings (SSSR count). The Morgan fingerprint density at radius 2 is 1.58 bits per heavy atom. The van der Waals surface area contributed by atoms with Gasteiger partial charge >= 0.3 is 11.9 Å². The summed E-state index contributed by atoms with van der Waals surface area (Å²) in [4.78, 5) is 25.4. The molecule has 0 N–H and O–H groups in total. The second-order valence-electron chi connectivity index (χ2n) is 7.29. The summed E-state index contributed by atoms with van der Waals surface area (Å²) < 4.78 is 18.1. The molecule has 7 heteroatoms. The van der Waals surface area contributed by atoms with Gasteiger partial charge in [0.2, 0.25) is 0 Å². The minimum Gasteiger partial charge on any atom is -0.497 e. The van der Waals surface area contributed by atoms with Gasteiger partial charge in [0.15, 0.2) is 0 Å². The Morgan fingerprint density at radius 1 is 0.909 bits per heavy atom. The number of hydrogen-bond acceptors (Lipinski definition) is 5. The summed E-state index contributed by atoms with van der Waals surface area (Å²) in [5.41, 5.74) is 3.16. The second-order valence-corrected chi connectivity index (χ2v) is 7.73. The summed E-state index contributed by atoms with van der Waals surface area (Å²) in [6, 6.07) is 19.2. The van der Waals surface area contributed by atoms with Crippen LogP contribution < -0.4 is 9.47 Å². The van der Waals surface area contributed by atoms with E-state index in [1.807, 2.05) is 41.8 Å². The summed E-state index contributed by atoms with van der Waals surface area (Å²) in [6.07, 6.45) is 0. The molecule has 0 aliphatic carbocycles. The van der Waals surface area contributed by atoms with Crippen LogP contribution in [0.25, 0.3) is 16.6 Å². The van der Waals surface area contributed by atoms with Crippen molar-refractivity contribution in [2.75, 3.05) is 13.7 Å². The lowest BCUT2D eigenvalue weighted by Crippen LogP contribution is -2.08. The van der Waals surface area contributed by atoms with Crippen molar-refractivity contribution < 1.29 is 23.8 Å². The first-order valence-corrected chi connectivity index (χ1v) is 10.7. The third-order valence-electron chi connectivity index (χ3n) is 5.28. The molecule has 0 amide bonds. The maximum absolute atomic E-state index is 12.8. The number of carbonyl (C=O) groups excluding carboxylic acids is 2. The summed E-state index contributed by atoms with van der Waals surface area (Å²) >= 11 is 5.89. The highest BCUT2D eigenvalue weighted by Gasteiger charge is 2.23. The standard InChI is InChI=1S/C26H22ClNO5/c1-4-32-26(30)24-16(2)28(19-9-11-20(31-3)12-10-19)23-14-13-21(15-22(23)24)33-25(29)17-5-7-18(27)8-6-17/h5-15H,4H2,1-3H3. The van der Waals surface area contributed by atoms with Crippen LogP contribution >= 0.6 is 11.6 Å². The number of methoxy groups -OCH3 is 1. The molecule has 6 nitrogen and oxygen atoms in total. The molecule has 0 bridgehead atoms. The van der Waals surface area contributed by atoms with E-state index in [9.17, 15) is 9.59 Å². The normalized spacial score (nSPS) is 10.8. The molecule has 0 atom stereocenters. The van der Waals surface area contributed by atoms with Gasteiger partial charge in [-0.3, -0.25) is 0 Å². The highest BCUT2D eigenvalue weighted by molar-refractivity contribution is 6.30. The molecule has 1 heterocycles. The quantitative estimate of drug-likeness (QED) is 0.259. The van der Waals surface area contributed by atoms with Crippen molar-refractivity contribution in [2.24, 2.45) is 0 Å². The van der Waals surface area contributed by atoms with Gasteiger partial charge in [-0.15, -0.1) is 0 Å². The van der Waals surface area contributed by atoms with E-state index >= 15 is 0 Å². The Morgan fingerprint density at radius 3 is 2.21 bits per heavy atom. The molecule has 0 aliphatic heterocycles. The number of nitrogens with zero attached hydrogens (tertiary/aromatic N) is 1. The summed E-state index contributed by atoms with van der Waals surface area (Å²) in [5, 5.41) is 1.16. The van der Waals surface area contributed by atoms with Crippen LogP contribution in [0.2, 0.25) is 5.02 Å². The summed E-state index contributed by atoms with van der Waals surface area (Å²) in [7, 11) is 1.61. The molecule has 0 saturated carbocycles. The van der Waals surface area contributed by atoms with Crippen molar-refractivity contribution in [3.05, 3.63) is 88.6 Å². The lowest BCUT2D eigenvalue weighted by Gasteiger charge is -2.10. The van der Waals surface area contributed by atoms with Crippen LogP contribution in [-0.2, 0) is 4.74 Å². The molecule has 1 aromatic heterocycles. The van der Waals surface area contributed by atoms with Crippen molar-refractivity contribution in [2.45, 2.75) is 13.8 Å². The monoisotopic (exact) mass is 463 g/mol. The van der Waals surface area contributed by atoms with Gasteiger partial charge in [-0.1, -0.05) is 11.6 Å². The van der Waals surface area contributed by atoms with Gasteiger partial charge in [0, 0.05) is 21.8 Å². The largest absolute Gasteiger partial charge is 0.497 e. The molecule has 0 saturated heterocycles. The van der Waals surface area contributed by atoms with E-state index in [1.54, 1.807) is 50.4 Å². The molecule has 0 fully saturated rings. The number of hydrogen-bond donors (Lipinski definition) is 0. The molecular weight excluding hydrogens is 442 g/mol. The van der Waals surface area contributed by atoms with Gasteiger partial charge < -0.3 is 18.8 Å². The molecule has 33 heavy (non-hydrogen) atoms. The van der Waals surface area contributed by atoms with Crippen molar-refractivity contribution in [3.63, 3.8) is 0 Å². The predicted molar refractivity (Wildman–Crippen MR) is 127 cm³/mol. The van der Waals surface area contributed by atoms with Gasteiger partial charge in [0.1, 0.15) is 11.5 Å². The SMILES string of the molecule is CCOC(=O)c1c(C)n(-c2ccc(OC)cc2)c2ccc(OC(=O)c3ccc(Cl)cc3)cc12. The van der Waals surface area contributed by atoms with Gasteiger partial charge in [0.25, 0.3) is 0 Å². The second kappa shape index (κ2) is 9.38. The minimum atomic E-state index is -0.519. The topological polar surface area (TPSA) is 66.8 Å². The first-order chi connectivity index (χ1) is 15.9. The van der Waals surface area contributed by atoms with E-state index < -0.39 is 11.9 Å². The predicted octanol–water partition coefficient (Wildman–Crippen LogP) is 6.00. The van der Waals surface area contributed by atoms with Crippen LogP contribution in [0.15, 0.2) is 66.7 Å². The lowest BCUT2D eigenvalue weighted by molar-refractivity contribution is 0.0527. The fraction of sp³-hybridized carbons (Fsp3) is 0.154. The molecule has 0 unspecified atom stereocenters. The summed E-state index contributed by atoms with van der Waals surface area (Å²) in [5.74, 6) is 0.0956. The Balaban J connectivity index is 1.80. The average Bonchev–Trinajstić information content (AvgIpc) is 3.10. The van der Waals surface area contributed by atoms with Crippen molar-refractivity contribution in [1.82, 2.24) is 4.57 Å². The van der Waals surface area contributed by atoms with Crippen molar-refractivity contribution >= 4 is 34.4 Å². The van der Waals surface area contributed by atoms with Crippen LogP contribution in [0, 0.1) is 6.92 Å². The Labute approximate surface area is 196 Å². The number of esters is 2. The first kappa shape index (κ1) is 22.4. The highest BCUT2D eigenvalue weighted by Crippen LogP contribution is 2.33. The fourth-order valence-electron chi connectivity index (χ4n) is 3.74. The molecule has 4 aromatic rings. The number of carbonyl (C=O) groups is 2. The molecule has 0 aliphatic rings. The van der Waals surface area contributed by atoms with Crippen molar-refractivity contribution in [3.8, 4) is 17.2 Å². The molecule has 3 aromatic carbocycles. The Kier molecular flexibility index (Phi) is 6.38. The average molecular weight is 464 g/mol. The van der Waals surface area contributed by atoms with Crippen LogP contribution in [0.4, 0.5) is 0 Å². The van der Waals surface area contributed by atoms with E-state index in [0.29, 0.717) is 27.3 Å². The van der Waals surface area contributed by atoms with Gasteiger partial charge in [-0.25, -0.2) is 9.59 Å². The zero-order chi connectivity index (χ0) is 23.5. The molecule has 0 radical (unpaired) electrons. The van der Waals surface area contributed by atoms with E-state index in [2.05, 4.69) is 0 Å². The molecule has 168 valence electrons. The minimum absolute atomic E-state index is 0.249. The Hall–Kier alpha value is -3.77. The van der Waals surface area contributed by atoms with E-state index in [1.165, 1.54) is 0 Å². The highest BCUT2D eigenvalue weighted by atomic mass is 35.5. The van der Waals surface area contributed by atoms with E-state index in [-0.39, 0.29) is 6.61 Å². The smallest absolute Gasteiger partial charge is 0.343 e. The molecular formula is C26H22ClNO5. The zero-order valence-electron chi connectivity index (χ0n) is 18.4. The number of halogens is 1. The van der Waals surface area contributed by atoms with Crippen LogP contribution in [0.5, 0.6) is 11.5 Å². The number of aromatic nitrogens is 1. The third-order valence-corrected chi connectivity index (χ3v) is 5.53. The first-order valence-electron chi connectivity index (χ1n) is 10.4. The maximum atomic E-state index is 12.8. The van der Waals surface area contributed by atoms with Gasteiger partial charge in [-0.2, -0.15) is 0 Å². The molecule has 0 spiro atoms. The maximum Gasteiger partial charge on any atom is 0.343 e.